The number of anilines is 1. The molecule has 0 amide bonds. The van der Waals surface area contributed by atoms with E-state index >= 15 is 0 Å². The number of rotatable bonds is 4. The third kappa shape index (κ3) is 3.50. The summed E-state index contributed by atoms with van der Waals surface area (Å²) in [6, 6.07) is 18.3. The monoisotopic (exact) mass is 245 g/mol. The van der Waals surface area contributed by atoms with Crippen molar-refractivity contribution in [1.82, 2.24) is 0 Å². The van der Waals surface area contributed by atoms with E-state index in [4.69, 9.17) is 11.6 Å². The Labute approximate surface area is 107 Å². The average molecular weight is 246 g/mol. The van der Waals surface area contributed by atoms with Gasteiger partial charge in [0.15, 0.2) is 0 Å². The molecule has 0 spiro atoms. The summed E-state index contributed by atoms with van der Waals surface area (Å²) in [5.41, 5.74) is 2.46. The molecule has 0 fully saturated rings. The maximum Gasteiger partial charge on any atom is 0.0407 e. The molecule has 1 N–H and O–H groups in total. The molecule has 0 saturated carbocycles. The lowest BCUT2D eigenvalue weighted by atomic mass is 10.0. The summed E-state index contributed by atoms with van der Waals surface area (Å²) in [6.45, 7) is 3.14. The molecular weight excluding hydrogens is 230 g/mol. The summed E-state index contributed by atoms with van der Waals surface area (Å²) in [5.74, 6) is 0.492. The molecule has 0 aliphatic rings. The zero-order valence-electron chi connectivity index (χ0n) is 9.86. The van der Waals surface area contributed by atoms with Gasteiger partial charge in [0, 0.05) is 17.3 Å². The first kappa shape index (κ1) is 12.0. The first-order chi connectivity index (χ1) is 8.25. The topological polar surface area (TPSA) is 12.0 Å². The van der Waals surface area contributed by atoms with E-state index in [0.29, 0.717) is 5.92 Å². The van der Waals surface area contributed by atoms with Crippen LogP contribution in [0.1, 0.15) is 18.4 Å². The molecule has 1 nitrogen and oxygen atoms in total. The normalized spacial score (nSPS) is 12.1. The van der Waals surface area contributed by atoms with Gasteiger partial charge in [-0.1, -0.05) is 48.9 Å². The second-order valence-corrected chi connectivity index (χ2v) is 4.64. The van der Waals surface area contributed by atoms with Crippen LogP contribution in [-0.4, -0.2) is 6.54 Å². The van der Waals surface area contributed by atoms with Crippen LogP contribution in [0.4, 0.5) is 5.69 Å². The minimum atomic E-state index is 0.492. The van der Waals surface area contributed by atoms with E-state index < -0.39 is 0 Å². The van der Waals surface area contributed by atoms with Gasteiger partial charge in [-0.25, -0.2) is 0 Å². The van der Waals surface area contributed by atoms with Crippen LogP contribution in [0, 0.1) is 0 Å². The van der Waals surface area contributed by atoms with Crippen LogP contribution in [-0.2, 0) is 0 Å². The highest BCUT2D eigenvalue weighted by Crippen LogP contribution is 2.17. The molecule has 0 saturated heterocycles. The van der Waals surface area contributed by atoms with Crippen molar-refractivity contribution in [1.29, 1.82) is 0 Å². The van der Waals surface area contributed by atoms with E-state index in [2.05, 4.69) is 36.5 Å². The van der Waals surface area contributed by atoms with Crippen molar-refractivity contribution in [2.45, 2.75) is 12.8 Å². The van der Waals surface area contributed by atoms with E-state index in [1.54, 1.807) is 0 Å². The molecule has 0 aromatic heterocycles. The molecule has 2 aromatic rings. The second kappa shape index (κ2) is 5.74. The van der Waals surface area contributed by atoms with Gasteiger partial charge in [0.05, 0.1) is 0 Å². The highest BCUT2D eigenvalue weighted by atomic mass is 35.5. The van der Waals surface area contributed by atoms with Gasteiger partial charge in [0.1, 0.15) is 0 Å². The molecular formula is C15H16ClN. The van der Waals surface area contributed by atoms with Crippen molar-refractivity contribution in [3.05, 3.63) is 65.2 Å². The van der Waals surface area contributed by atoms with E-state index in [9.17, 15) is 0 Å². The van der Waals surface area contributed by atoms with Gasteiger partial charge in [0.2, 0.25) is 0 Å². The Bertz CT molecular complexity index is 450. The second-order valence-electron chi connectivity index (χ2n) is 4.20. The van der Waals surface area contributed by atoms with Crippen LogP contribution in [0.5, 0.6) is 0 Å². The summed E-state index contributed by atoms with van der Waals surface area (Å²) in [6.07, 6.45) is 0. The number of halogens is 1. The van der Waals surface area contributed by atoms with Crippen molar-refractivity contribution in [2.75, 3.05) is 11.9 Å². The Morgan fingerprint density at radius 2 is 1.65 bits per heavy atom. The average Bonchev–Trinajstić information content (AvgIpc) is 2.39. The molecule has 0 heterocycles. The maximum atomic E-state index is 5.84. The highest BCUT2D eigenvalue weighted by Gasteiger charge is 2.03. The van der Waals surface area contributed by atoms with E-state index in [0.717, 1.165) is 17.3 Å². The van der Waals surface area contributed by atoms with Crippen LogP contribution in [0.3, 0.4) is 0 Å². The van der Waals surface area contributed by atoms with Gasteiger partial charge in [0.25, 0.3) is 0 Å². The Hall–Kier alpha value is -1.47. The fraction of sp³-hybridized carbons (Fsp3) is 0.200. The molecule has 2 heteroatoms. The largest absolute Gasteiger partial charge is 0.384 e. The van der Waals surface area contributed by atoms with Crippen molar-refractivity contribution >= 4 is 17.3 Å². The molecule has 0 aliphatic heterocycles. The van der Waals surface area contributed by atoms with Gasteiger partial charge >= 0.3 is 0 Å². The van der Waals surface area contributed by atoms with Gasteiger partial charge in [-0.3, -0.25) is 0 Å². The standard InChI is InChI=1S/C15H16ClN/c1-12(13-5-3-2-4-6-13)11-17-15-9-7-14(16)8-10-15/h2-10,12,17H,11H2,1H3. The van der Waals surface area contributed by atoms with E-state index in [1.807, 2.05) is 30.3 Å². The predicted octanol–water partition coefficient (Wildman–Crippen LogP) is 4.56. The van der Waals surface area contributed by atoms with Crippen molar-refractivity contribution < 1.29 is 0 Å². The summed E-state index contributed by atoms with van der Waals surface area (Å²) in [4.78, 5) is 0. The molecule has 88 valence electrons. The molecule has 1 unspecified atom stereocenters. The van der Waals surface area contributed by atoms with E-state index in [1.165, 1.54) is 5.56 Å². The Balaban J connectivity index is 1.92. The summed E-state index contributed by atoms with van der Waals surface area (Å²) < 4.78 is 0. The lowest BCUT2D eigenvalue weighted by molar-refractivity contribution is 0.805. The Morgan fingerprint density at radius 1 is 1.00 bits per heavy atom. The van der Waals surface area contributed by atoms with Crippen LogP contribution >= 0.6 is 11.6 Å². The molecule has 2 aromatic carbocycles. The van der Waals surface area contributed by atoms with Gasteiger partial charge in [-0.2, -0.15) is 0 Å². The van der Waals surface area contributed by atoms with Crippen LogP contribution in [0.25, 0.3) is 0 Å². The van der Waals surface area contributed by atoms with Gasteiger partial charge < -0.3 is 5.32 Å². The Kier molecular flexibility index (Phi) is 4.05. The fourth-order valence-electron chi connectivity index (χ4n) is 1.74. The Morgan fingerprint density at radius 3 is 2.29 bits per heavy atom. The highest BCUT2D eigenvalue weighted by molar-refractivity contribution is 6.30. The van der Waals surface area contributed by atoms with Crippen LogP contribution in [0.2, 0.25) is 5.02 Å². The number of hydrogen-bond donors (Lipinski definition) is 1. The summed E-state index contributed by atoms with van der Waals surface area (Å²) in [5, 5.41) is 4.18. The smallest absolute Gasteiger partial charge is 0.0407 e. The van der Waals surface area contributed by atoms with Crippen LogP contribution in [0.15, 0.2) is 54.6 Å². The number of benzene rings is 2. The molecule has 0 aliphatic carbocycles. The van der Waals surface area contributed by atoms with Crippen LogP contribution < -0.4 is 5.32 Å². The quantitative estimate of drug-likeness (QED) is 0.833. The van der Waals surface area contributed by atoms with Crippen molar-refractivity contribution in [3.63, 3.8) is 0 Å². The maximum absolute atomic E-state index is 5.84. The van der Waals surface area contributed by atoms with Gasteiger partial charge in [-0.05, 0) is 35.7 Å². The molecule has 0 radical (unpaired) electrons. The zero-order valence-corrected chi connectivity index (χ0v) is 10.6. The molecule has 2 rings (SSSR count). The summed E-state index contributed by atoms with van der Waals surface area (Å²) >= 11 is 5.84. The zero-order chi connectivity index (χ0) is 12.1. The SMILES string of the molecule is CC(CNc1ccc(Cl)cc1)c1ccccc1. The summed E-state index contributed by atoms with van der Waals surface area (Å²) in [7, 11) is 0. The first-order valence-electron chi connectivity index (χ1n) is 5.80. The lowest BCUT2D eigenvalue weighted by Gasteiger charge is -2.14. The molecule has 0 bridgehead atoms. The fourth-order valence-corrected chi connectivity index (χ4v) is 1.86. The van der Waals surface area contributed by atoms with E-state index in [-0.39, 0.29) is 0 Å². The first-order valence-corrected chi connectivity index (χ1v) is 6.18. The predicted molar refractivity (Wildman–Crippen MR) is 74.8 cm³/mol. The third-order valence-electron chi connectivity index (χ3n) is 2.83. The van der Waals surface area contributed by atoms with Crippen molar-refractivity contribution in [3.8, 4) is 0 Å². The number of nitrogens with one attached hydrogen (secondary N) is 1. The van der Waals surface area contributed by atoms with Gasteiger partial charge in [-0.15, -0.1) is 0 Å². The lowest BCUT2D eigenvalue weighted by Crippen LogP contribution is -2.09. The molecule has 1 atom stereocenters. The molecule has 17 heavy (non-hydrogen) atoms. The number of hydrogen-bond acceptors (Lipinski definition) is 1. The van der Waals surface area contributed by atoms with Crippen molar-refractivity contribution in [2.24, 2.45) is 0 Å². The minimum absolute atomic E-state index is 0.492. The third-order valence-corrected chi connectivity index (χ3v) is 3.08. The minimum Gasteiger partial charge on any atom is -0.384 e.